The van der Waals surface area contributed by atoms with Crippen molar-refractivity contribution >= 4 is 0 Å². The molecule has 32 heavy (non-hydrogen) atoms. The molecule has 0 radical (unpaired) electrons. The van der Waals surface area contributed by atoms with Crippen LogP contribution in [0.25, 0.3) is 22.5 Å². The number of hydrogen-bond acceptors (Lipinski definition) is 5. The van der Waals surface area contributed by atoms with Gasteiger partial charge in [-0.1, -0.05) is 80.4 Å². The third-order valence-corrected chi connectivity index (χ3v) is 5.44. The highest BCUT2D eigenvalue weighted by Gasteiger charge is 2.12. The Labute approximate surface area is 188 Å². The fourth-order valence-electron chi connectivity index (χ4n) is 3.73. The van der Waals surface area contributed by atoms with Crippen LogP contribution < -0.4 is 0 Å². The minimum Gasteiger partial charge on any atom is -0.245 e. The van der Waals surface area contributed by atoms with E-state index in [1.54, 1.807) is 0 Å². The van der Waals surface area contributed by atoms with Gasteiger partial charge in [-0.2, -0.15) is 10.3 Å². The highest BCUT2D eigenvalue weighted by Crippen LogP contribution is 2.29. The van der Waals surface area contributed by atoms with E-state index in [0.717, 1.165) is 47.6 Å². The zero-order valence-electron chi connectivity index (χ0n) is 18.7. The van der Waals surface area contributed by atoms with Crippen molar-refractivity contribution in [3.63, 3.8) is 0 Å². The normalized spacial score (nSPS) is 11.4. The van der Waals surface area contributed by atoms with Crippen LogP contribution in [0.3, 0.4) is 0 Å². The number of tetrazole rings is 1. The minimum atomic E-state index is 0.594. The van der Waals surface area contributed by atoms with Gasteiger partial charge in [0.1, 0.15) is 5.82 Å². The first kappa shape index (κ1) is 21.6. The Morgan fingerprint density at radius 2 is 1.81 bits per heavy atom. The monoisotopic (exact) mass is 427 g/mol. The highest BCUT2D eigenvalue weighted by atomic mass is 15.5. The van der Waals surface area contributed by atoms with Gasteiger partial charge < -0.3 is 0 Å². The SMILES string of the molecule is C/C=C/Cc1nc(CCCCC)nn1Cc1ccc(-c2ccccc2-c2nn[nH]n2)cc1. The van der Waals surface area contributed by atoms with E-state index in [0.29, 0.717) is 12.4 Å². The summed E-state index contributed by atoms with van der Waals surface area (Å²) < 4.78 is 2.05. The summed E-state index contributed by atoms with van der Waals surface area (Å²) >= 11 is 0. The van der Waals surface area contributed by atoms with Crippen LogP contribution >= 0.6 is 0 Å². The van der Waals surface area contributed by atoms with Gasteiger partial charge in [0.15, 0.2) is 5.82 Å². The molecule has 0 amide bonds. The Kier molecular flexibility index (Phi) is 7.17. The largest absolute Gasteiger partial charge is 0.245 e. The van der Waals surface area contributed by atoms with Crippen molar-refractivity contribution in [2.24, 2.45) is 0 Å². The van der Waals surface area contributed by atoms with Gasteiger partial charge in [0.2, 0.25) is 5.82 Å². The van der Waals surface area contributed by atoms with Crippen LogP contribution in [0.2, 0.25) is 0 Å². The molecule has 1 N–H and O–H groups in total. The molecule has 0 saturated heterocycles. The van der Waals surface area contributed by atoms with E-state index in [-0.39, 0.29) is 0 Å². The Hall–Kier alpha value is -3.61. The summed E-state index contributed by atoms with van der Waals surface area (Å²) in [6, 6.07) is 16.7. The summed E-state index contributed by atoms with van der Waals surface area (Å²) in [5.74, 6) is 2.56. The van der Waals surface area contributed by atoms with Gasteiger partial charge in [-0.25, -0.2) is 9.67 Å². The maximum Gasteiger partial charge on any atom is 0.205 e. The van der Waals surface area contributed by atoms with Crippen LogP contribution in [0.5, 0.6) is 0 Å². The van der Waals surface area contributed by atoms with Crippen molar-refractivity contribution in [3.8, 4) is 22.5 Å². The van der Waals surface area contributed by atoms with E-state index in [1.807, 2.05) is 29.8 Å². The van der Waals surface area contributed by atoms with E-state index in [4.69, 9.17) is 10.1 Å². The highest BCUT2D eigenvalue weighted by molar-refractivity contribution is 5.80. The number of rotatable bonds is 10. The molecule has 0 bridgehead atoms. The molecule has 0 fully saturated rings. The Morgan fingerprint density at radius 1 is 1.00 bits per heavy atom. The number of aromatic amines is 1. The Morgan fingerprint density at radius 3 is 2.53 bits per heavy atom. The third kappa shape index (κ3) is 5.17. The summed E-state index contributed by atoms with van der Waals surface area (Å²) in [5, 5.41) is 19.3. The molecule has 4 aromatic rings. The fraction of sp³-hybridized carbons (Fsp3) is 0.320. The van der Waals surface area contributed by atoms with Crippen LogP contribution in [-0.4, -0.2) is 35.4 Å². The molecule has 7 nitrogen and oxygen atoms in total. The maximum absolute atomic E-state index is 4.80. The lowest BCUT2D eigenvalue weighted by atomic mass is 9.98. The van der Waals surface area contributed by atoms with Crippen LogP contribution in [-0.2, 0) is 19.4 Å². The molecule has 164 valence electrons. The van der Waals surface area contributed by atoms with Gasteiger partial charge in [-0.15, -0.1) is 10.2 Å². The quantitative estimate of drug-likeness (QED) is 0.284. The number of nitrogens with zero attached hydrogens (tertiary/aromatic N) is 6. The lowest BCUT2D eigenvalue weighted by Crippen LogP contribution is -2.06. The molecule has 0 aliphatic heterocycles. The van der Waals surface area contributed by atoms with Crippen LogP contribution in [0.1, 0.15) is 50.3 Å². The summed E-state index contributed by atoms with van der Waals surface area (Å²) in [5.41, 5.74) is 4.34. The van der Waals surface area contributed by atoms with Crippen molar-refractivity contribution in [2.75, 3.05) is 0 Å². The van der Waals surface area contributed by atoms with Crippen LogP contribution in [0, 0.1) is 0 Å². The lowest BCUT2D eigenvalue weighted by Gasteiger charge is -2.09. The number of hydrogen-bond donors (Lipinski definition) is 1. The average molecular weight is 428 g/mol. The average Bonchev–Trinajstić information content (AvgIpc) is 3.49. The van der Waals surface area contributed by atoms with E-state index in [2.05, 4.69) is 70.0 Å². The van der Waals surface area contributed by atoms with Crippen LogP contribution in [0.4, 0.5) is 0 Å². The molecular formula is C25H29N7. The van der Waals surface area contributed by atoms with Gasteiger partial charge in [-0.05, 0) is 35.2 Å². The molecule has 0 saturated carbocycles. The first-order valence-electron chi connectivity index (χ1n) is 11.2. The predicted octanol–water partition coefficient (Wildman–Crippen LogP) is 5.02. The topological polar surface area (TPSA) is 85.2 Å². The minimum absolute atomic E-state index is 0.594. The van der Waals surface area contributed by atoms with E-state index < -0.39 is 0 Å². The van der Waals surface area contributed by atoms with Gasteiger partial charge in [0.05, 0.1) is 6.54 Å². The number of aromatic nitrogens is 7. The number of benzene rings is 2. The first-order chi connectivity index (χ1) is 15.8. The predicted molar refractivity (Wildman–Crippen MR) is 126 cm³/mol. The smallest absolute Gasteiger partial charge is 0.205 e. The van der Waals surface area contributed by atoms with Gasteiger partial charge >= 0.3 is 0 Å². The van der Waals surface area contributed by atoms with Crippen molar-refractivity contribution in [1.82, 2.24) is 35.4 Å². The summed E-state index contributed by atoms with van der Waals surface area (Å²) in [6.45, 7) is 4.96. The van der Waals surface area contributed by atoms with Crippen molar-refractivity contribution in [2.45, 2.75) is 52.5 Å². The second-order valence-corrected chi connectivity index (χ2v) is 7.81. The fourth-order valence-corrected chi connectivity index (χ4v) is 3.73. The summed E-state index contributed by atoms with van der Waals surface area (Å²) in [7, 11) is 0. The van der Waals surface area contributed by atoms with E-state index in [9.17, 15) is 0 Å². The second-order valence-electron chi connectivity index (χ2n) is 7.81. The zero-order valence-corrected chi connectivity index (χ0v) is 18.7. The molecule has 2 aromatic heterocycles. The number of nitrogens with one attached hydrogen (secondary N) is 1. The van der Waals surface area contributed by atoms with Gasteiger partial charge in [-0.3, -0.25) is 0 Å². The summed E-state index contributed by atoms with van der Waals surface area (Å²) in [6.07, 6.45) is 9.49. The summed E-state index contributed by atoms with van der Waals surface area (Å²) in [4.78, 5) is 4.80. The molecule has 0 unspecified atom stereocenters. The number of H-pyrrole nitrogens is 1. The Bertz CT molecular complexity index is 1140. The number of allylic oxidation sites excluding steroid dienone is 2. The zero-order chi connectivity index (χ0) is 22.2. The molecule has 2 aromatic carbocycles. The van der Waals surface area contributed by atoms with Gasteiger partial charge in [0.25, 0.3) is 0 Å². The van der Waals surface area contributed by atoms with Crippen molar-refractivity contribution < 1.29 is 0 Å². The molecule has 7 heteroatoms. The number of unbranched alkanes of at least 4 members (excludes halogenated alkanes) is 2. The lowest BCUT2D eigenvalue weighted by molar-refractivity contribution is 0.632. The second kappa shape index (κ2) is 10.6. The molecular weight excluding hydrogens is 398 g/mol. The Balaban J connectivity index is 1.54. The maximum atomic E-state index is 4.80. The molecule has 0 atom stereocenters. The molecule has 4 rings (SSSR count). The molecule has 0 aliphatic carbocycles. The van der Waals surface area contributed by atoms with Crippen molar-refractivity contribution in [3.05, 3.63) is 77.9 Å². The molecule has 2 heterocycles. The molecule has 0 spiro atoms. The third-order valence-electron chi connectivity index (χ3n) is 5.44. The molecule has 0 aliphatic rings. The van der Waals surface area contributed by atoms with Crippen LogP contribution in [0.15, 0.2) is 60.7 Å². The van der Waals surface area contributed by atoms with E-state index in [1.165, 1.54) is 18.4 Å². The first-order valence-corrected chi connectivity index (χ1v) is 11.2. The van der Waals surface area contributed by atoms with E-state index >= 15 is 0 Å². The van der Waals surface area contributed by atoms with Crippen molar-refractivity contribution in [1.29, 1.82) is 0 Å². The standard InChI is InChI=1S/C25H29N7/c1-3-5-7-12-23-26-24(13-6-4-2)32(29-23)18-19-14-16-20(17-15-19)21-10-8-9-11-22(21)25-27-30-31-28-25/h4,6,8-11,14-17H,3,5,7,12-13,18H2,1-2H3,(H,27,28,30,31)/b6-4+. The number of aryl methyl sites for hydroxylation is 1. The van der Waals surface area contributed by atoms with Gasteiger partial charge in [0, 0.05) is 18.4 Å².